The van der Waals surface area contributed by atoms with Crippen LogP contribution in [0.4, 0.5) is 5.82 Å². The minimum atomic E-state index is -2.84. The zero-order valence-corrected chi connectivity index (χ0v) is 24.0. The molecular weight excluding hydrogens is 510 g/mol. The molecule has 0 aliphatic carbocycles. The third-order valence-electron chi connectivity index (χ3n) is 9.51. The molecule has 2 atom stereocenters. The van der Waals surface area contributed by atoms with Gasteiger partial charge in [-0.1, -0.05) is 13.8 Å². The number of hydrogen-bond donors (Lipinski definition) is 1. The molecule has 0 amide bonds. The Labute approximate surface area is 229 Å². The summed E-state index contributed by atoms with van der Waals surface area (Å²) < 4.78 is 25.8. The van der Waals surface area contributed by atoms with Crippen molar-refractivity contribution < 1.29 is 8.42 Å². The highest BCUT2D eigenvalue weighted by Crippen LogP contribution is 2.40. The van der Waals surface area contributed by atoms with Gasteiger partial charge in [0.05, 0.1) is 28.2 Å². The van der Waals surface area contributed by atoms with E-state index in [1.165, 1.54) is 11.1 Å². The molecule has 0 spiro atoms. The first-order chi connectivity index (χ1) is 18.7. The Balaban J connectivity index is 1.23. The number of aromatic amines is 1. The first kappa shape index (κ1) is 25.0. The molecule has 10 heteroatoms. The second-order valence-electron chi connectivity index (χ2n) is 12.1. The highest BCUT2D eigenvalue weighted by molar-refractivity contribution is 7.91. The summed E-state index contributed by atoms with van der Waals surface area (Å²) in [5.74, 6) is 2.01. The number of rotatable bonds is 4. The number of sulfone groups is 1. The Morgan fingerprint density at radius 3 is 2.59 bits per heavy atom. The second kappa shape index (κ2) is 9.02. The number of piperidine rings is 1. The Morgan fingerprint density at radius 2 is 1.82 bits per heavy atom. The molecule has 2 bridgehead atoms. The van der Waals surface area contributed by atoms with Crippen molar-refractivity contribution in [2.45, 2.75) is 77.4 Å². The fourth-order valence-corrected chi connectivity index (χ4v) is 8.79. The van der Waals surface area contributed by atoms with E-state index in [1.54, 1.807) is 6.33 Å². The van der Waals surface area contributed by atoms with E-state index in [4.69, 9.17) is 4.98 Å². The van der Waals surface area contributed by atoms with Crippen LogP contribution in [-0.4, -0.2) is 80.6 Å². The van der Waals surface area contributed by atoms with Gasteiger partial charge in [0.25, 0.3) is 0 Å². The minimum absolute atomic E-state index is 0.290. The topological polar surface area (TPSA) is 99.5 Å². The van der Waals surface area contributed by atoms with Crippen LogP contribution in [0.5, 0.6) is 0 Å². The number of anilines is 1. The van der Waals surface area contributed by atoms with Crippen LogP contribution in [0.15, 0.2) is 24.7 Å². The summed E-state index contributed by atoms with van der Waals surface area (Å²) in [6.07, 6.45) is 7.47. The van der Waals surface area contributed by atoms with E-state index < -0.39 is 9.84 Å². The van der Waals surface area contributed by atoms with Crippen molar-refractivity contribution in [3.63, 3.8) is 0 Å². The summed E-state index contributed by atoms with van der Waals surface area (Å²) in [7, 11) is -2.84. The van der Waals surface area contributed by atoms with Gasteiger partial charge in [0.15, 0.2) is 5.65 Å². The smallest absolute Gasteiger partial charge is 0.158 e. The van der Waals surface area contributed by atoms with Gasteiger partial charge >= 0.3 is 0 Å². The number of nitrogens with zero attached hydrogens (tertiary/aromatic N) is 6. The van der Waals surface area contributed by atoms with Crippen molar-refractivity contribution in [1.82, 2.24) is 29.5 Å². The molecule has 7 rings (SSSR count). The van der Waals surface area contributed by atoms with E-state index >= 15 is 0 Å². The first-order valence-corrected chi connectivity index (χ1v) is 16.1. The zero-order valence-electron chi connectivity index (χ0n) is 23.2. The Morgan fingerprint density at radius 1 is 1.03 bits per heavy atom. The molecule has 3 aliphatic rings. The third kappa shape index (κ3) is 4.06. The van der Waals surface area contributed by atoms with E-state index in [1.807, 2.05) is 4.52 Å². The summed E-state index contributed by atoms with van der Waals surface area (Å²) >= 11 is 0. The van der Waals surface area contributed by atoms with Crippen molar-refractivity contribution in [2.24, 2.45) is 0 Å². The molecule has 4 aromatic rings. The van der Waals surface area contributed by atoms with Crippen LogP contribution in [-0.2, 0) is 9.84 Å². The first-order valence-electron chi connectivity index (χ1n) is 14.3. The number of aromatic nitrogens is 5. The van der Waals surface area contributed by atoms with Crippen molar-refractivity contribution in [3.8, 4) is 11.3 Å². The maximum absolute atomic E-state index is 12.0. The van der Waals surface area contributed by atoms with Crippen LogP contribution in [0.3, 0.4) is 0 Å². The van der Waals surface area contributed by atoms with Gasteiger partial charge < -0.3 is 9.88 Å². The number of pyridine rings is 2. The maximum atomic E-state index is 12.0. The predicted molar refractivity (Wildman–Crippen MR) is 154 cm³/mol. The van der Waals surface area contributed by atoms with Crippen molar-refractivity contribution >= 4 is 32.3 Å². The average Bonchev–Trinajstić information content (AvgIpc) is 3.61. The largest absolute Gasteiger partial charge is 0.353 e. The second-order valence-corrected chi connectivity index (χ2v) is 14.4. The van der Waals surface area contributed by atoms with E-state index in [0.717, 1.165) is 78.1 Å². The summed E-state index contributed by atoms with van der Waals surface area (Å²) in [6, 6.07) is 5.71. The average molecular weight is 548 g/mol. The molecule has 0 aromatic carbocycles. The molecule has 9 nitrogen and oxygen atoms in total. The quantitative estimate of drug-likeness (QED) is 0.408. The van der Waals surface area contributed by atoms with Gasteiger partial charge in [-0.25, -0.2) is 22.9 Å². The molecule has 1 N–H and O–H groups in total. The molecule has 3 saturated heterocycles. The normalized spacial score (nSPS) is 24.0. The molecule has 0 unspecified atom stereocenters. The Bertz CT molecular complexity index is 1670. The van der Waals surface area contributed by atoms with E-state index in [-0.39, 0.29) is 0 Å². The molecular formula is C29H37N7O2S. The van der Waals surface area contributed by atoms with Crippen LogP contribution >= 0.6 is 0 Å². The van der Waals surface area contributed by atoms with Crippen molar-refractivity contribution in [2.75, 3.05) is 29.5 Å². The van der Waals surface area contributed by atoms with E-state index in [2.05, 4.69) is 70.9 Å². The molecule has 3 aliphatic heterocycles. The molecule has 3 fully saturated rings. The van der Waals surface area contributed by atoms with Gasteiger partial charge in [0, 0.05) is 48.5 Å². The zero-order chi connectivity index (χ0) is 27.1. The Kier molecular flexibility index (Phi) is 5.79. The van der Waals surface area contributed by atoms with Crippen molar-refractivity contribution in [1.29, 1.82) is 0 Å². The predicted octanol–water partition coefficient (Wildman–Crippen LogP) is 4.24. The fourth-order valence-electron chi connectivity index (χ4n) is 7.32. The van der Waals surface area contributed by atoms with Gasteiger partial charge in [-0.3, -0.25) is 4.90 Å². The van der Waals surface area contributed by atoms with E-state index in [0.29, 0.717) is 35.5 Å². The van der Waals surface area contributed by atoms with Crippen LogP contribution in [0.2, 0.25) is 0 Å². The Hall–Kier alpha value is -2.98. The molecule has 39 heavy (non-hydrogen) atoms. The van der Waals surface area contributed by atoms with Gasteiger partial charge in [0.1, 0.15) is 22.0 Å². The van der Waals surface area contributed by atoms with Crippen LogP contribution in [0.25, 0.3) is 27.9 Å². The molecule has 0 radical (unpaired) electrons. The molecule has 4 aromatic heterocycles. The van der Waals surface area contributed by atoms with Crippen molar-refractivity contribution in [3.05, 3.63) is 41.3 Å². The fraction of sp³-hybridized carbons (Fsp3) is 0.552. The summed E-state index contributed by atoms with van der Waals surface area (Å²) in [5.41, 5.74) is 8.81. The molecule has 0 saturated carbocycles. The lowest BCUT2D eigenvalue weighted by Crippen LogP contribution is -2.49. The standard InChI is InChI=1S/C29H37N7O2S/c1-17(2)26-27(23-15-36-29(30-16-31-36)19(4)18(23)3)32-24-5-6-25(33-28(24)26)35-14-22-13-21(35)7-10-34(22)20-8-11-39(37,38)12-9-20/h5-6,15-17,20-22,32H,7-14H2,1-4H3/t21-,22+/m0/s1. The highest BCUT2D eigenvalue weighted by Gasteiger charge is 2.43. The number of likely N-dealkylation sites (tertiary alicyclic amines) is 1. The summed E-state index contributed by atoms with van der Waals surface area (Å²) in [4.78, 5) is 18.6. The number of H-pyrrole nitrogens is 1. The lowest BCUT2D eigenvalue weighted by Gasteiger charge is -2.40. The lowest BCUT2D eigenvalue weighted by atomic mass is 9.95. The summed E-state index contributed by atoms with van der Waals surface area (Å²) in [5, 5.41) is 4.41. The SMILES string of the molecule is Cc1c(-c2[nH]c3ccc(N4C[C@H]5C[C@@H]4CCN5C4CCS(=O)(=O)CC4)nc3c2C(C)C)cn2ncnc2c1C. The van der Waals surface area contributed by atoms with Crippen LogP contribution in [0, 0.1) is 13.8 Å². The molecule has 206 valence electrons. The minimum Gasteiger partial charge on any atom is -0.353 e. The van der Waals surface area contributed by atoms with Crippen LogP contribution in [0.1, 0.15) is 62.1 Å². The van der Waals surface area contributed by atoms with Gasteiger partial charge in [-0.05, 0) is 68.7 Å². The number of aryl methyl sites for hydroxylation is 1. The molecule has 7 heterocycles. The van der Waals surface area contributed by atoms with Crippen LogP contribution < -0.4 is 4.90 Å². The van der Waals surface area contributed by atoms with Gasteiger partial charge in [-0.2, -0.15) is 5.10 Å². The van der Waals surface area contributed by atoms with E-state index in [9.17, 15) is 8.42 Å². The number of fused-ring (bicyclic) bond motifs is 4. The van der Waals surface area contributed by atoms with Gasteiger partial charge in [0.2, 0.25) is 0 Å². The maximum Gasteiger partial charge on any atom is 0.158 e. The number of nitrogens with one attached hydrogen (secondary N) is 1. The summed E-state index contributed by atoms with van der Waals surface area (Å²) in [6.45, 7) is 10.8. The lowest BCUT2D eigenvalue weighted by molar-refractivity contribution is 0.110. The monoisotopic (exact) mass is 547 g/mol. The van der Waals surface area contributed by atoms with Gasteiger partial charge in [-0.15, -0.1) is 0 Å². The number of hydrogen-bond acceptors (Lipinski definition) is 7. The highest BCUT2D eigenvalue weighted by atomic mass is 32.2. The third-order valence-corrected chi connectivity index (χ3v) is 11.2.